The molecule has 1 aromatic carbocycles. The molecule has 0 spiro atoms. The van der Waals surface area contributed by atoms with Gasteiger partial charge in [-0.2, -0.15) is 0 Å². The van der Waals surface area contributed by atoms with Crippen molar-refractivity contribution in [2.24, 2.45) is 0 Å². The number of hydrogen-bond donors (Lipinski definition) is 1. The maximum atomic E-state index is 11.1. The summed E-state index contributed by atoms with van der Waals surface area (Å²) < 4.78 is 13.3. The van der Waals surface area contributed by atoms with Gasteiger partial charge in [-0.05, 0) is 32.0 Å². The van der Waals surface area contributed by atoms with Crippen LogP contribution >= 0.6 is 11.8 Å². The van der Waals surface area contributed by atoms with Crippen LogP contribution in [-0.2, 0) is 11.3 Å². The third-order valence-electron chi connectivity index (χ3n) is 3.67. The van der Waals surface area contributed by atoms with Crippen LogP contribution in [0.15, 0.2) is 23.4 Å². The topological polar surface area (TPSA) is 86.5 Å². The minimum absolute atomic E-state index is 0.587. The maximum absolute atomic E-state index is 11.1. The molecule has 0 saturated carbocycles. The fraction of sp³-hybridized carbons (Fsp3) is 0.438. The van der Waals surface area contributed by atoms with E-state index in [0.29, 0.717) is 36.5 Å². The molecule has 8 heteroatoms. The molecule has 1 aromatic heterocycles. The van der Waals surface area contributed by atoms with E-state index in [9.17, 15) is 4.79 Å². The molecule has 3 rings (SSSR count). The standard InChI is InChI=1S/C16H19N3O4S/c1-3-19-14(17-18-16(19)24-10(2)15(20)21)11-5-6-12-13(9-11)23-8-4-7-22-12/h5-6,9-10H,3-4,7-8H2,1-2H3,(H,20,21)/t10-/m0/s1. The Morgan fingerprint density at radius 3 is 2.79 bits per heavy atom. The minimum Gasteiger partial charge on any atom is -0.490 e. The van der Waals surface area contributed by atoms with Crippen molar-refractivity contribution in [2.75, 3.05) is 13.2 Å². The summed E-state index contributed by atoms with van der Waals surface area (Å²) in [6, 6.07) is 5.68. The highest BCUT2D eigenvalue weighted by molar-refractivity contribution is 8.00. The first kappa shape index (κ1) is 16.6. The molecule has 7 nitrogen and oxygen atoms in total. The Kier molecular flexibility index (Phi) is 4.94. The first-order valence-electron chi connectivity index (χ1n) is 7.82. The largest absolute Gasteiger partial charge is 0.490 e. The number of nitrogens with zero attached hydrogens (tertiary/aromatic N) is 3. The normalized spacial score (nSPS) is 14.9. The Balaban J connectivity index is 1.93. The summed E-state index contributed by atoms with van der Waals surface area (Å²) >= 11 is 1.18. The van der Waals surface area contributed by atoms with Crippen molar-refractivity contribution < 1.29 is 19.4 Å². The molecule has 0 fully saturated rings. The number of fused-ring (bicyclic) bond motifs is 1. The SMILES string of the molecule is CCn1c(S[C@@H](C)C(=O)O)nnc1-c1ccc2c(c1)OCCCO2. The summed E-state index contributed by atoms with van der Waals surface area (Å²) in [6.45, 7) is 5.52. The van der Waals surface area contributed by atoms with Gasteiger partial charge < -0.3 is 19.1 Å². The Bertz CT molecular complexity index is 747. The lowest BCUT2D eigenvalue weighted by Gasteiger charge is -2.11. The average molecular weight is 349 g/mol. The molecule has 2 aromatic rings. The van der Waals surface area contributed by atoms with Crippen molar-refractivity contribution in [1.82, 2.24) is 14.8 Å². The van der Waals surface area contributed by atoms with E-state index in [1.54, 1.807) is 6.92 Å². The van der Waals surface area contributed by atoms with Crippen molar-refractivity contribution in [3.63, 3.8) is 0 Å². The smallest absolute Gasteiger partial charge is 0.316 e. The van der Waals surface area contributed by atoms with Crippen LogP contribution in [0.2, 0.25) is 0 Å². The average Bonchev–Trinajstić information content (AvgIpc) is 2.82. The second-order valence-corrected chi connectivity index (χ2v) is 6.67. The van der Waals surface area contributed by atoms with E-state index >= 15 is 0 Å². The van der Waals surface area contributed by atoms with Crippen LogP contribution in [-0.4, -0.2) is 44.3 Å². The second-order valence-electron chi connectivity index (χ2n) is 5.36. The number of carboxylic acids is 1. The van der Waals surface area contributed by atoms with E-state index in [1.165, 1.54) is 11.8 Å². The van der Waals surface area contributed by atoms with Crippen molar-refractivity contribution in [3.05, 3.63) is 18.2 Å². The number of thioether (sulfide) groups is 1. The van der Waals surface area contributed by atoms with Gasteiger partial charge in [-0.25, -0.2) is 0 Å². The van der Waals surface area contributed by atoms with Gasteiger partial charge in [0.1, 0.15) is 5.25 Å². The van der Waals surface area contributed by atoms with E-state index < -0.39 is 11.2 Å². The van der Waals surface area contributed by atoms with Gasteiger partial charge in [0, 0.05) is 18.5 Å². The Hall–Kier alpha value is -2.22. The number of benzene rings is 1. The quantitative estimate of drug-likeness (QED) is 0.831. The van der Waals surface area contributed by atoms with Crippen LogP contribution in [0.5, 0.6) is 11.5 Å². The molecule has 1 atom stereocenters. The number of carboxylic acid groups (broad SMARTS) is 1. The van der Waals surface area contributed by atoms with Crippen LogP contribution in [0, 0.1) is 0 Å². The van der Waals surface area contributed by atoms with Gasteiger partial charge >= 0.3 is 5.97 Å². The van der Waals surface area contributed by atoms with Gasteiger partial charge in [-0.1, -0.05) is 11.8 Å². The predicted molar refractivity (Wildman–Crippen MR) is 89.7 cm³/mol. The highest BCUT2D eigenvalue weighted by atomic mass is 32.2. The molecule has 1 aliphatic heterocycles. The number of hydrogen-bond acceptors (Lipinski definition) is 6. The molecule has 1 aliphatic rings. The Labute approximate surface area is 144 Å². The second kappa shape index (κ2) is 7.12. The van der Waals surface area contributed by atoms with Gasteiger partial charge in [0.2, 0.25) is 0 Å². The molecule has 0 unspecified atom stereocenters. The highest BCUT2D eigenvalue weighted by Crippen LogP contribution is 2.35. The molecule has 24 heavy (non-hydrogen) atoms. The van der Waals surface area contributed by atoms with Crippen molar-refractivity contribution in [3.8, 4) is 22.9 Å². The number of carbonyl (C=O) groups is 1. The molecular formula is C16H19N3O4S. The number of rotatable bonds is 5. The Morgan fingerprint density at radius 2 is 2.08 bits per heavy atom. The Morgan fingerprint density at radius 1 is 1.33 bits per heavy atom. The van der Waals surface area contributed by atoms with Gasteiger partial charge in [-0.15, -0.1) is 10.2 Å². The lowest BCUT2D eigenvalue weighted by molar-refractivity contribution is -0.136. The summed E-state index contributed by atoms with van der Waals surface area (Å²) in [4.78, 5) is 11.1. The molecule has 0 radical (unpaired) electrons. The summed E-state index contributed by atoms with van der Waals surface area (Å²) in [6.07, 6.45) is 0.850. The maximum Gasteiger partial charge on any atom is 0.316 e. The number of aliphatic carboxylic acids is 1. The molecule has 1 N–H and O–H groups in total. The fourth-order valence-corrected chi connectivity index (χ4v) is 3.23. The van der Waals surface area contributed by atoms with Crippen molar-refractivity contribution >= 4 is 17.7 Å². The van der Waals surface area contributed by atoms with Gasteiger partial charge in [0.15, 0.2) is 22.5 Å². The van der Waals surface area contributed by atoms with Crippen LogP contribution < -0.4 is 9.47 Å². The molecule has 0 saturated heterocycles. The molecule has 2 heterocycles. The van der Waals surface area contributed by atoms with Crippen molar-refractivity contribution in [2.45, 2.75) is 37.2 Å². The molecule has 128 valence electrons. The lowest BCUT2D eigenvalue weighted by atomic mass is 10.2. The zero-order valence-electron chi connectivity index (χ0n) is 13.6. The van der Waals surface area contributed by atoms with Gasteiger partial charge in [0.25, 0.3) is 0 Å². The summed E-state index contributed by atoms with van der Waals surface area (Å²) in [7, 11) is 0. The molecule has 0 bridgehead atoms. The van der Waals surface area contributed by atoms with E-state index in [2.05, 4.69) is 10.2 Å². The van der Waals surface area contributed by atoms with E-state index in [0.717, 1.165) is 17.7 Å². The van der Waals surface area contributed by atoms with Crippen LogP contribution in [0.3, 0.4) is 0 Å². The summed E-state index contributed by atoms with van der Waals surface area (Å²) in [5.41, 5.74) is 0.864. The summed E-state index contributed by atoms with van der Waals surface area (Å²) in [5.74, 6) is 1.24. The van der Waals surface area contributed by atoms with Crippen LogP contribution in [0.25, 0.3) is 11.4 Å². The van der Waals surface area contributed by atoms with E-state index in [4.69, 9.17) is 14.6 Å². The first-order valence-corrected chi connectivity index (χ1v) is 8.70. The summed E-state index contributed by atoms with van der Waals surface area (Å²) in [5, 5.41) is 17.5. The fourth-order valence-electron chi connectivity index (χ4n) is 2.39. The highest BCUT2D eigenvalue weighted by Gasteiger charge is 2.20. The van der Waals surface area contributed by atoms with Crippen LogP contribution in [0.4, 0.5) is 0 Å². The zero-order valence-corrected chi connectivity index (χ0v) is 14.4. The monoisotopic (exact) mass is 349 g/mol. The molecule has 0 amide bonds. The third-order valence-corrected chi connectivity index (χ3v) is 4.74. The third kappa shape index (κ3) is 3.33. The van der Waals surface area contributed by atoms with Crippen molar-refractivity contribution in [1.29, 1.82) is 0 Å². The number of ether oxygens (including phenoxy) is 2. The first-order chi connectivity index (χ1) is 11.6. The lowest BCUT2D eigenvalue weighted by Crippen LogP contribution is -2.13. The van der Waals surface area contributed by atoms with E-state index in [1.807, 2.05) is 29.7 Å². The van der Waals surface area contributed by atoms with E-state index in [-0.39, 0.29) is 0 Å². The molecule has 0 aliphatic carbocycles. The minimum atomic E-state index is -0.872. The molecular weight excluding hydrogens is 330 g/mol. The van der Waals surface area contributed by atoms with Gasteiger partial charge in [0.05, 0.1) is 13.2 Å². The predicted octanol–water partition coefficient (Wildman–Crippen LogP) is 2.69. The zero-order chi connectivity index (χ0) is 17.1. The van der Waals surface area contributed by atoms with Crippen LogP contribution in [0.1, 0.15) is 20.3 Å². The number of aromatic nitrogens is 3. The van der Waals surface area contributed by atoms with Gasteiger partial charge in [-0.3, -0.25) is 4.79 Å².